The van der Waals surface area contributed by atoms with Crippen LogP contribution in [0.15, 0.2) is 0 Å². The zero-order chi connectivity index (χ0) is 15.4. The predicted octanol–water partition coefficient (Wildman–Crippen LogP) is 2.76. The molecule has 0 bridgehead atoms. The highest BCUT2D eigenvalue weighted by Gasteiger charge is 2.26. The molecule has 0 spiro atoms. The van der Waals surface area contributed by atoms with Crippen LogP contribution in [-0.2, 0) is 0 Å². The molecule has 114 valence electrons. The van der Waals surface area contributed by atoms with Gasteiger partial charge in [0.05, 0.1) is 0 Å². The molecule has 0 aromatic heterocycles. The third-order valence-electron chi connectivity index (χ3n) is 3.10. The van der Waals surface area contributed by atoms with Crippen LogP contribution in [0.25, 0.3) is 0 Å². The Morgan fingerprint density at radius 3 is 2.00 bits per heavy atom. The Morgan fingerprint density at radius 2 is 1.43 bits per heavy atom. The summed E-state index contributed by atoms with van der Waals surface area (Å²) in [6, 6.07) is 0. The van der Waals surface area contributed by atoms with E-state index < -0.39 is 41.4 Å². The lowest BCUT2D eigenvalue weighted by molar-refractivity contribution is 0.290. The second-order valence-corrected chi connectivity index (χ2v) is 4.53. The number of ether oxygens (including phenoxy) is 1. The molecule has 1 aliphatic rings. The summed E-state index contributed by atoms with van der Waals surface area (Å²) in [4.78, 5) is 0. The maximum Gasteiger partial charge on any atom is 0.207 e. The highest BCUT2D eigenvalue weighted by atomic mass is 19.2. The number of benzene rings is 1. The Balaban J connectivity index is 2.05. The SMILES string of the molecule is Fc1c(F)c(F)c(OCC#CC2CCNCC2)c(F)c1F. The standard InChI is InChI=1S/C14H12F5NO/c15-9-10(16)12(18)14(13(19)11(9)17)21-7-1-2-8-3-5-20-6-4-8/h8,20H,3-7H2. The van der Waals surface area contributed by atoms with Gasteiger partial charge in [-0.1, -0.05) is 11.8 Å². The van der Waals surface area contributed by atoms with Crippen molar-refractivity contribution in [2.75, 3.05) is 19.7 Å². The Bertz CT molecular complexity index is 558. The van der Waals surface area contributed by atoms with Crippen LogP contribution in [0.5, 0.6) is 5.75 Å². The van der Waals surface area contributed by atoms with Crippen molar-refractivity contribution in [3.05, 3.63) is 29.1 Å². The lowest BCUT2D eigenvalue weighted by Crippen LogP contribution is -2.27. The average molecular weight is 305 g/mol. The molecule has 0 amide bonds. The van der Waals surface area contributed by atoms with Crippen molar-refractivity contribution in [1.82, 2.24) is 5.32 Å². The third-order valence-corrected chi connectivity index (χ3v) is 3.10. The Kier molecular flexibility index (Phi) is 5.02. The average Bonchev–Trinajstić information content (AvgIpc) is 2.51. The van der Waals surface area contributed by atoms with Crippen LogP contribution < -0.4 is 10.1 Å². The third kappa shape index (κ3) is 3.45. The second kappa shape index (κ2) is 6.76. The van der Waals surface area contributed by atoms with Gasteiger partial charge in [0.25, 0.3) is 0 Å². The minimum atomic E-state index is -2.21. The molecule has 1 N–H and O–H groups in total. The summed E-state index contributed by atoms with van der Waals surface area (Å²) in [5.41, 5.74) is 0. The van der Waals surface area contributed by atoms with Crippen LogP contribution in [0, 0.1) is 46.8 Å². The first kappa shape index (κ1) is 15.6. The first-order valence-electron chi connectivity index (χ1n) is 6.35. The molecular weight excluding hydrogens is 293 g/mol. The van der Waals surface area contributed by atoms with E-state index >= 15 is 0 Å². The quantitative estimate of drug-likeness (QED) is 0.393. The van der Waals surface area contributed by atoms with Gasteiger partial charge >= 0.3 is 0 Å². The summed E-state index contributed by atoms with van der Waals surface area (Å²) >= 11 is 0. The smallest absolute Gasteiger partial charge is 0.207 e. The van der Waals surface area contributed by atoms with Crippen molar-refractivity contribution in [2.24, 2.45) is 5.92 Å². The largest absolute Gasteiger partial charge is 0.475 e. The van der Waals surface area contributed by atoms with Crippen LogP contribution >= 0.6 is 0 Å². The van der Waals surface area contributed by atoms with Crippen molar-refractivity contribution in [3.63, 3.8) is 0 Å². The van der Waals surface area contributed by atoms with E-state index in [1.54, 1.807) is 0 Å². The number of halogens is 5. The fraction of sp³-hybridized carbons (Fsp3) is 0.429. The predicted molar refractivity (Wildman–Crippen MR) is 65.1 cm³/mol. The van der Waals surface area contributed by atoms with Crippen molar-refractivity contribution in [1.29, 1.82) is 0 Å². The Morgan fingerprint density at radius 1 is 0.905 bits per heavy atom. The summed E-state index contributed by atoms with van der Waals surface area (Å²) < 4.78 is 69.8. The van der Waals surface area contributed by atoms with E-state index in [9.17, 15) is 22.0 Å². The number of nitrogens with one attached hydrogen (secondary N) is 1. The number of piperidine rings is 1. The first-order valence-corrected chi connectivity index (χ1v) is 6.35. The monoisotopic (exact) mass is 305 g/mol. The van der Waals surface area contributed by atoms with Gasteiger partial charge in [-0.2, -0.15) is 8.78 Å². The van der Waals surface area contributed by atoms with Gasteiger partial charge < -0.3 is 10.1 Å². The number of hydrogen-bond acceptors (Lipinski definition) is 2. The molecule has 1 fully saturated rings. The summed E-state index contributed by atoms with van der Waals surface area (Å²) in [5, 5.41) is 3.15. The van der Waals surface area contributed by atoms with Crippen LogP contribution in [0.3, 0.4) is 0 Å². The zero-order valence-electron chi connectivity index (χ0n) is 10.9. The van der Waals surface area contributed by atoms with Crippen molar-refractivity contribution in [2.45, 2.75) is 12.8 Å². The van der Waals surface area contributed by atoms with E-state index in [1.807, 2.05) is 0 Å². The van der Waals surface area contributed by atoms with Gasteiger partial charge in [-0.25, -0.2) is 13.2 Å². The topological polar surface area (TPSA) is 21.3 Å². The van der Waals surface area contributed by atoms with E-state index in [1.165, 1.54) is 0 Å². The van der Waals surface area contributed by atoms with Crippen molar-refractivity contribution >= 4 is 0 Å². The van der Waals surface area contributed by atoms with E-state index in [0.29, 0.717) is 0 Å². The molecule has 1 heterocycles. The van der Waals surface area contributed by atoms with Gasteiger partial charge in [0.1, 0.15) is 6.61 Å². The molecule has 1 aromatic carbocycles. The van der Waals surface area contributed by atoms with Crippen LogP contribution in [0.4, 0.5) is 22.0 Å². The summed E-state index contributed by atoms with van der Waals surface area (Å²) in [7, 11) is 0. The summed E-state index contributed by atoms with van der Waals surface area (Å²) in [6.45, 7) is 1.22. The molecule has 1 aromatic rings. The van der Waals surface area contributed by atoms with Gasteiger partial charge in [0.2, 0.25) is 29.1 Å². The van der Waals surface area contributed by atoms with E-state index in [-0.39, 0.29) is 5.92 Å². The van der Waals surface area contributed by atoms with Gasteiger partial charge in [-0.3, -0.25) is 0 Å². The lowest BCUT2D eigenvalue weighted by Gasteiger charge is -2.17. The van der Waals surface area contributed by atoms with Gasteiger partial charge in [-0.15, -0.1) is 0 Å². The molecule has 2 nitrogen and oxygen atoms in total. The van der Waals surface area contributed by atoms with Crippen molar-refractivity contribution < 1.29 is 26.7 Å². The van der Waals surface area contributed by atoms with Gasteiger partial charge in [0.15, 0.2) is 5.75 Å². The second-order valence-electron chi connectivity index (χ2n) is 4.53. The Labute approximate surface area is 118 Å². The number of hydrogen-bond donors (Lipinski definition) is 1. The fourth-order valence-electron chi connectivity index (χ4n) is 1.97. The molecule has 0 radical (unpaired) electrons. The normalized spacial score (nSPS) is 15.5. The van der Waals surface area contributed by atoms with E-state index in [4.69, 9.17) is 0 Å². The zero-order valence-corrected chi connectivity index (χ0v) is 10.9. The first-order chi connectivity index (χ1) is 10.0. The van der Waals surface area contributed by atoms with Gasteiger partial charge in [0, 0.05) is 5.92 Å². The van der Waals surface area contributed by atoms with Crippen LogP contribution in [0.2, 0.25) is 0 Å². The minimum absolute atomic E-state index is 0.145. The highest BCUT2D eigenvalue weighted by molar-refractivity contribution is 5.30. The molecule has 7 heteroatoms. The molecular formula is C14H12F5NO. The van der Waals surface area contributed by atoms with E-state index in [0.717, 1.165) is 25.9 Å². The molecule has 0 atom stereocenters. The molecule has 2 rings (SSSR count). The highest BCUT2D eigenvalue weighted by Crippen LogP contribution is 2.28. The molecule has 21 heavy (non-hydrogen) atoms. The molecule has 0 aliphatic carbocycles. The Hall–Kier alpha value is -1.81. The van der Waals surface area contributed by atoms with Crippen LogP contribution in [-0.4, -0.2) is 19.7 Å². The summed E-state index contributed by atoms with van der Waals surface area (Å²) in [5.74, 6) is -6.02. The fourth-order valence-corrected chi connectivity index (χ4v) is 1.97. The van der Waals surface area contributed by atoms with Crippen molar-refractivity contribution in [3.8, 4) is 17.6 Å². The number of rotatable bonds is 2. The van der Waals surface area contributed by atoms with Crippen LogP contribution in [0.1, 0.15) is 12.8 Å². The molecule has 1 saturated heterocycles. The minimum Gasteiger partial charge on any atom is -0.475 e. The summed E-state index contributed by atoms with van der Waals surface area (Å²) in [6.07, 6.45) is 1.69. The molecule has 0 saturated carbocycles. The molecule has 0 unspecified atom stereocenters. The lowest BCUT2D eigenvalue weighted by atomic mass is 9.99. The van der Waals surface area contributed by atoms with Gasteiger partial charge in [-0.05, 0) is 25.9 Å². The molecule has 1 aliphatic heterocycles. The maximum atomic E-state index is 13.3. The van der Waals surface area contributed by atoms with E-state index in [2.05, 4.69) is 21.9 Å². The maximum absolute atomic E-state index is 13.3.